The number of hydrogen-bond donors (Lipinski definition) is 1. The average Bonchev–Trinajstić information content (AvgIpc) is 2.86. The zero-order chi connectivity index (χ0) is 24.4. The zero-order valence-electron chi connectivity index (χ0n) is 20.0. The van der Waals surface area contributed by atoms with Crippen molar-refractivity contribution in [3.05, 3.63) is 83.4 Å². The van der Waals surface area contributed by atoms with Gasteiger partial charge in [-0.25, -0.2) is 0 Å². The summed E-state index contributed by atoms with van der Waals surface area (Å²) in [4.78, 5) is 2.21. The second-order valence-corrected chi connectivity index (χ2v) is 9.15. The van der Waals surface area contributed by atoms with Gasteiger partial charge in [0.2, 0.25) is 0 Å². The number of rotatable bonds is 8. The van der Waals surface area contributed by atoms with Gasteiger partial charge in [-0.2, -0.15) is 0 Å². The first-order chi connectivity index (χ1) is 17.1. The SMILES string of the molecule is COc1cccc(C2=C(C)c3cc(O)ccc3OC2c2ccc(OCCN3CC(CF)C3)cc2)c1. The molecule has 35 heavy (non-hydrogen) atoms. The number of likely N-dealkylation sites (tertiary alicyclic amines) is 1. The minimum atomic E-state index is -0.327. The van der Waals surface area contributed by atoms with Gasteiger partial charge in [0.15, 0.2) is 0 Å². The molecule has 0 aliphatic carbocycles. The number of phenolic OH excluding ortho intramolecular Hbond substituents is 1. The number of aromatic hydroxyl groups is 1. The van der Waals surface area contributed by atoms with Crippen LogP contribution in [-0.2, 0) is 0 Å². The van der Waals surface area contributed by atoms with Gasteiger partial charge in [-0.3, -0.25) is 9.29 Å². The average molecular weight is 476 g/mol. The van der Waals surface area contributed by atoms with E-state index in [4.69, 9.17) is 14.2 Å². The minimum absolute atomic E-state index is 0.189. The Hall–Kier alpha value is -3.51. The van der Waals surface area contributed by atoms with Crippen molar-refractivity contribution in [2.24, 2.45) is 5.92 Å². The van der Waals surface area contributed by atoms with Crippen LogP contribution in [0.5, 0.6) is 23.0 Å². The van der Waals surface area contributed by atoms with Crippen LogP contribution in [0.1, 0.15) is 29.7 Å². The summed E-state index contributed by atoms with van der Waals surface area (Å²) in [6.07, 6.45) is -0.327. The monoisotopic (exact) mass is 475 g/mol. The molecule has 0 spiro atoms. The van der Waals surface area contributed by atoms with E-state index in [1.165, 1.54) is 0 Å². The topological polar surface area (TPSA) is 51.2 Å². The first-order valence-corrected chi connectivity index (χ1v) is 11.9. The highest BCUT2D eigenvalue weighted by molar-refractivity contribution is 5.95. The summed E-state index contributed by atoms with van der Waals surface area (Å²) < 4.78 is 30.5. The standard InChI is InChI=1S/C29H30FNO4/c1-19-26-15-23(32)8-11-27(26)35-29(28(19)22-4-3-5-25(14-22)33-2)21-6-9-24(10-7-21)34-13-12-31-17-20(16-30)18-31/h3-11,14-15,20,29,32H,12-13,16-18H2,1-2H3. The second-order valence-electron chi connectivity index (χ2n) is 9.15. The maximum atomic E-state index is 12.6. The summed E-state index contributed by atoms with van der Waals surface area (Å²) >= 11 is 0. The normalized spacial score (nSPS) is 18.0. The molecule has 2 heterocycles. The van der Waals surface area contributed by atoms with Crippen molar-refractivity contribution in [2.45, 2.75) is 13.0 Å². The Morgan fingerprint density at radius 3 is 2.57 bits per heavy atom. The summed E-state index contributed by atoms with van der Waals surface area (Å²) in [6, 6.07) is 21.1. The Kier molecular flexibility index (Phi) is 6.64. The third-order valence-electron chi connectivity index (χ3n) is 6.77. The number of hydrogen-bond acceptors (Lipinski definition) is 5. The zero-order valence-corrected chi connectivity index (χ0v) is 20.0. The van der Waals surface area contributed by atoms with Crippen LogP contribution in [0.15, 0.2) is 66.7 Å². The molecule has 0 radical (unpaired) electrons. The molecule has 1 N–H and O–H groups in total. The number of alkyl halides is 1. The molecule has 3 aromatic carbocycles. The van der Waals surface area contributed by atoms with E-state index in [1.807, 2.05) is 54.6 Å². The molecular weight excluding hydrogens is 445 g/mol. The highest BCUT2D eigenvalue weighted by Crippen LogP contribution is 2.47. The van der Waals surface area contributed by atoms with Crippen molar-refractivity contribution in [2.75, 3.05) is 40.0 Å². The Morgan fingerprint density at radius 2 is 1.83 bits per heavy atom. The van der Waals surface area contributed by atoms with Crippen LogP contribution in [-0.4, -0.2) is 50.0 Å². The van der Waals surface area contributed by atoms with Gasteiger partial charge >= 0.3 is 0 Å². The molecule has 1 fully saturated rings. The Labute approximate surface area is 205 Å². The third-order valence-corrected chi connectivity index (χ3v) is 6.77. The van der Waals surface area contributed by atoms with E-state index in [-0.39, 0.29) is 24.4 Å². The van der Waals surface area contributed by atoms with Gasteiger partial charge < -0.3 is 19.3 Å². The second kappa shape index (κ2) is 10.0. The highest BCUT2D eigenvalue weighted by Gasteiger charge is 2.30. The van der Waals surface area contributed by atoms with Crippen LogP contribution in [0.2, 0.25) is 0 Å². The van der Waals surface area contributed by atoms with E-state index < -0.39 is 0 Å². The molecule has 0 bridgehead atoms. The van der Waals surface area contributed by atoms with Gasteiger partial charge in [-0.15, -0.1) is 0 Å². The summed E-state index contributed by atoms with van der Waals surface area (Å²) in [5, 5.41) is 10.1. The minimum Gasteiger partial charge on any atom is -0.508 e. The van der Waals surface area contributed by atoms with E-state index in [2.05, 4.69) is 11.8 Å². The van der Waals surface area contributed by atoms with E-state index >= 15 is 0 Å². The number of halogens is 1. The molecule has 1 unspecified atom stereocenters. The van der Waals surface area contributed by atoms with Gasteiger partial charge in [0.05, 0.1) is 13.8 Å². The van der Waals surface area contributed by atoms with Crippen LogP contribution < -0.4 is 14.2 Å². The van der Waals surface area contributed by atoms with Crippen LogP contribution in [0.3, 0.4) is 0 Å². The van der Waals surface area contributed by atoms with E-state index in [0.717, 1.165) is 64.7 Å². The largest absolute Gasteiger partial charge is 0.508 e. The lowest BCUT2D eigenvalue weighted by Crippen LogP contribution is -2.49. The first-order valence-electron chi connectivity index (χ1n) is 11.9. The van der Waals surface area contributed by atoms with Crippen LogP contribution in [0.4, 0.5) is 4.39 Å². The smallest absolute Gasteiger partial charge is 0.150 e. The molecule has 6 heteroatoms. The summed E-state index contributed by atoms with van der Waals surface area (Å²) in [5.74, 6) is 2.69. The molecular formula is C29H30FNO4. The molecule has 0 aromatic heterocycles. The maximum absolute atomic E-state index is 12.6. The molecule has 182 valence electrons. The van der Waals surface area contributed by atoms with E-state index in [1.54, 1.807) is 19.2 Å². The maximum Gasteiger partial charge on any atom is 0.150 e. The van der Waals surface area contributed by atoms with Crippen LogP contribution in [0, 0.1) is 5.92 Å². The number of nitrogens with zero attached hydrogens (tertiary/aromatic N) is 1. The number of ether oxygens (including phenoxy) is 3. The molecule has 0 saturated carbocycles. The molecule has 1 saturated heterocycles. The lowest BCUT2D eigenvalue weighted by atomic mass is 9.86. The number of benzene rings is 3. The molecule has 2 aliphatic heterocycles. The predicted octanol–water partition coefficient (Wildman–Crippen LogP) is 5.75. The van der Waals surface area contributed by atoms with Crippen molar-refractivity contribution in [1.82, 2.24) is 4.90 Å². The Bertz CT molecular complexity index is 1220. The van der Waals surface area contributed by atoms with Gasteiger partial charge in [-0.1, -0.05) is 24.3 Å². The molecule has 3 aromatic rings. The van der Waals surface area contributed by atoms with Gasteiger partial charge in [0, 0.05) is 36.7 Å². The van der Waals surface area contributed by atoms with Crippen molar-refractivity contribution >= 4 is 11.1 Å². The van der Waals surface area contributed by atoms with Gasteiger partial charge in [-0.05, 0) is 66.1 Å². The Balaban J connectivity index is 1.39. The number of methoxy groups -OCH3 is 1. The summed E-state index contributed by atoms with van der Waals surface area (Å²) in [6.45, 7) is 4.83. The Morgan fingerprint density at radius 1 is 1.03 bits per heavy atom. The molecule has 2 aliphatic rings. The van der Waals surface area contributed by atoms with Gasteiger partial charge in [0.25, 0.3) is 0 Å². The predicted molar refractivity (Wildman–Crippen MR) is 135 cm³/mol. The fourth-order valence-electron chi connectivity index (χ4n) is 4.82. The molecule has 5 rings (SSSR count). The van der Waals surface area contributed by atoms with Crippen LogP contribution >= 0.6 is 0 Å². The number of phenols is 1. The summed E-state index contributed by atoms with van der Waals surface area (Å²) in [7, 11) is 1.66. The van der Waals surface area contributed by atoms with Crippen molar-refractivity contribution in [1.29, 1.82) is 0 Å². The highest BCUT2D eigenvalue weighted by atomic mass is 19.1. The lowest BCUT2D eigenvalue weighted by Gasteiger charge is -2.37. The third kappa shape index (κ3) is 4.84. The molecule has 1 atom stereocenters. The molecule has 5 nitrogen and oxygen atoms in total. The first kappa shape index (κ1) is 23.2. The van der Waals surface area contributed by atoms with E-state index in [9.17, 15) is 9.50 Å². The van der Waals surface area contributed by atoms with E-state index in [0.29, 0.717) is 6.61 Å². The van der Waals surface area contributed by atoms with Crippen molar-refractivity contribution in [3.63, 3.8) is 0 Å². The van der Waals surface area contributed by atoms with Crippen molar-refractivity contribution in [3.8, 4) is 23.0 Å². The van der Waals surface area contributed by atoms with Gasteiger partial charge in [0.1, 0.15) is 35.7 Å². The van der Waals surface area contributed by atoms with Crippen molar-refractivity contribution < 1.29 is 23.7 Å². The van der Waals surface area contributed by atoms with Crippen LogP contribution in [0.25, 0.3) is 11.1 Å². The molecule has 0 amide bonds. The quantitative estimate of drug-likeness (QED) is 0.450. The fourth-order valence-corrected chi connectivity index (χ4v) is 4.82. The number of fused-ring (bicyclic) bond motifs is 1. The number of allylic oxidation sites excluding steroid dienone is 1. The fraction of sp³-hybridized carbons (Fsp3) is 0.310. The lowest BCUT2D eigenvalue weighted by molar-refractivity contribution is 0.0668. The summed E-state index contributed by atoms with van der Waals surface area (Å²) in [5.41, 5.74) is 4.95.